The fourth-order valence-corrected chi connectivity index (χ4v) is 5.78. The SMILES string of the molecule is Cc1cc(CN2CCC3(CCN(C(=O)OC(C)C(F)(F)F)CC3)C2)cc(N2CCC(C(=O)O)CC2)c1. The molecule has 7 nitrogen and oxygen atoms in total. The van der Waals surface area contributed by atoms with Gasteiger partial charge in [0.2, 0.25) is 0 Å². The van der Waals surface area contributed by atoms with Crippen LogP contribution in [-0.4, -0.2) is 78.5 Å². The highest BCUT2D eigenvalue weighted by Crippen LogP contribution is 2.41. The van der Waals surface area contributed by atoms with E-state index in [1.807, 2.05) is 0 Å². The summed E-state index contributed by atoms with van der Waals surface area (Å²) in [6.45, 7) is 7.92. The molecule has 1 unspecified atom stereocenters. The summed E-state index contributed by atoms with van der Waals surface area (Å²) in [6, 6.07) is 6.56. The molecule has 0 radical (unpaired) electrons. The van der Waals surface area contributed by atoms with Crippen LogP contribution in [0.1, 0.15) is 50.2 Å². The van der Waals surface area contributed by atoms with Gasteiger partial charge in [-0.3, -0.25) is 9.69 Å². The molecule has 0 bridgehead atoms. The van der Waals surface area contributed by atoms with Crippen LogP contribution in [0.15, 0.2) is 18.2 Å². The number of hydrogen-bond donors (Lipinski definition) is 1. The molecule has 0 saturated carbocycles. The summed E-state index contributed by atoms with van der Waals surface area (Å²) in [5.41, 5.74) is 3.63. The largest absolute Gasteiger partial charge is 0.481 e. The number of hydrogen-bond acceptors (Lipinski definition) is 5. The first-order valence-electron chi connectivity index (χ1n) is 12.8. The predicted molar refractivity (Wildman–Crippen MR) is 129 cm³/mol. The first-order valence-corrected chi connectivity index (χ1v) is 12.8. The third kappa shape index (κ3) is 6.25. The van der Waals surface area contributed by atoms with E-state index in [0.717, 1.165) is 64.6 Å². The highest BCUT2D eigenvalue weighted by molar-refractivity contribution is 5.70. The van der Waals surface area contributed by atoms with Crippen LogP contribution < -0.4 is 4.90 Å². The van der Waals surface area contributed by atoms with E-state index in [1.165, 1.54) is 16.0 Å². The number of rotatable bonds is 5. The lowest BCUT2D eigenvalue weighted by molar-refractivity contribution is -0.200. The van der Waals surface area contributed by atoms with Gasteiger partial charge in [-0.25, -0.2) is 4.79 Å². The van der Waals surface area contributed by atoms with Gasteiger partial charge in [0, 0.05) is 45.0 Å². The number of alkyl halides is 3. The number of amides is 1. The Labute approximate surface area is 210 Å². The number of ether oxygens (including phenoxy) is 1. The van der Waals surface area contributed by atoms with Gasteiger partial charge >= 0.3 is 18.2 Å². The summed E-state index contributed by atoms with van der Waals surface area (Å²) in [7, 11) is 0. The molecule has 3 saturated heterocycles. The van der Waals surface area contributed by atoms with Gasteiger partial charge in [0.1, 0.15) is 0 Å². The van der Waals surface area contributed by atoms with Crippen molar-refractivity contribution in [2.45, 2.75) is 64.8 Å². The van der Waals surface area contributed by atoms with E-state index in [4.69, 9.17) is 0 Å². The number of anilines is 1. The summed E-state index contributed by atoms with van der Waals surface area (Å²) < 4.78 is 42.8. The molecule has 0 aliphatic carbocycles. The number of nitrogens with zero attached hydrogens (tertiary/aromatic N) is 3. The number of carbonyl (C=O) groups excluding carboxylic acids is 1. The first-order chi connectivity index (χ1) is 16.9. The molecular weight excluding hydrogens is 475 g/mol. The van der Waals surface area contributed by atoms with Gasteiger partial charge < -0.3 is 19.6 Å². The minimum absolute atomic E-state index is 0.0811. The van der Waals surface area contributed by atoms with Crippen LogP contribution >= 0.6 is 0 Å². The molecule has 4 rings (SSSR count). The first kappa shape index (κ1) is 26.6. The molecule has 36 heavy (non-hydrogen) atoms. The zero-order valence-corrected chi connectivity index (χ0v) is 21.0. The van der Waals surface area contributed by atoms with Crippen LogP contribution in [0.5, 0.6) is 0 Å². The van der Waals surface area contributed by atoms with Crippen molar-refractivity contribution in [2.24, 2.45) is 11.3 Å². The molecule has 200 valence electrons. The second kappa shape index (κ2) is 10.5. The van der Waals surface area contributed by atoms with Crippen molar-refractivity contribution in [1.29, 1.82) is 0 Å². The second-order valence-electron chi connectivity index (χ2n) is 10.8. The number of aryl methyl sites for hydroxylation is 1. The van der Waals surface area contributed by atoms with Crippen LogP contribution in [0.3, 0.4) is 0 Å². The zero-order valence-electron chi connectivity index (χ0n) is 21.0. The van der Waals surface area contributed by atoms with Crippen molar-refractivity contribution >= 4 is 17.7 Å². The summed E-state index contributed by atoms with van der Waals surface area (Å²) in [5.74, 6) is -0.964. The van der Waals surface area contributed by atoms with E-state index in [2.05, 4.69) is 39.7 Å². The number of carbonyl (C=O) groups is 2. The monoisotopic (exact) mass is 511 g/mol. The average Bonchev–Trinajstić information content (AvgIpc) is 3.20. The van der Waals surface area contributed by atoms with Crippen molar-refractivity contribution in [1.82, 2.24) is 9.80 Å². The summed E-state index contributed by atoms with van der Waals surface area (Å²) in [6.07, 6.45) is -3.69. The minimum atomic E-state index is -4.55. The predicted octanol–water partition coefficient (Wildman–Crippen LogP) is 4.67. The van der Waals surface area contributed by atoms with Crippen LogP contribution in [-0.2, 0) is 16.1 Å². The summed E-state index contributed by atoms with van der Waals surface area (Å²) >= 11 is 0. The Morgan fingerprint density at radius 2 is 1.72 bits per heavy atom. The molecule has 1 atom stereocenters. The fourth-order valence-electron chi connectivity index (χ4n) is 5.78. The Bertz CT molecular complexity index is 954. The molecular formula is C26H36F3N3O4. The van der Waals surface area contributed by atoms with Crippen molar-refractivity contribution in [3.8, 4) is 0 Å². The standard InChI is InChI=1S/C26H36F3N3O4/c1-18-13-20(15-22(14-18)31-8-3-21(4-9-31)23(33)34)16-30-10-5-25(17-30)6-11-32(12-7-25)24(35)36-19(2)26(27,28)29/h13-15,19,21H,3-12,16-17H2,1-2H3,(H,33,34). The van der Waals surface area contributed by atoms with Crippen molar-refractivity contribution in [3.63, 3.8) is 0 Å². The highest BCUT2D eigenvalue weighted by atomic mass is 19.4. The molecule has 3 aliphatic heterocycles. The molecule has 1 N–H and O–H groups in total. The fraction of sp³-hybridized carbons (Fsp3) is 0.692. The molecule has 1 amide bonds. The van der Waals surface area contributed by atoms with E-state index in [0.29, 0.717) is 25.9 Å². The maximum absolute atomic E-state index is 12.7. The van der Waals surface area contributed by atoms with Crippen LogP contribution in [0.2, 0.25) is 0 Å². The van der Waals surface area contributed by atoms with Crippen molar-refractivity contribution in [3.05, 3.63) is 29.3 Å². The van der Waals surface area contributed by atoms with Gasteiger partial charge in [0.25, 0.3) is 0 Å². The smallest absolute Gasteiger partial charge is 0.425 e. The molecule has 10 heteroatoms. The Hall–Kier alpha value is -2.49. The number of carboxylic acid groups (broad SMARTS) is 1. The molecule has 0 aromatic heterocycles. The number of likely N-dealkylation sites (tertiary alicyclic amines) is 2. The van der Waals surface area contributed by atoms with Crippen LogP contribution in [0.25, 0.3) is 0 Å². The van der Waals surface area contributed by atoms with E-state index >= 15 is 0 Å². The Morgan fingerprint density at radius 1 is 1.08 bits per heavy atom. The van der Waals surface area contributed by atoms with Gasteiger partial charge in [0.15, 0.2) is 6.10 Å². The average molecular weight is 512 g/mol. The Balaban J connectivity index is 1.30. The molecule has 1 aromatic rings. The lowest BCUT2D eigenvalue weighted by Crippen LogP contribution is -2.46. The van der Waals surface area contributed by atoms with Crippen molar-refractivity contribution in [2.75, 3.05) is 44.2 Å². The topological polar surface area (TPSA) is 73.3 Å². The zero-order chi connectivity index (χ0) is 26.1. The third-order valence-corrected chi connectivity index (χ3v) is 8.08. The highest BCUT2D eigenvalue weighted by Gasteiger charge is 2.43. The number of piperidine rings is 2. The molecule has 3 fully saturated rings. The van der Waals surface area contributed by atoms with Crippen LogP contribution in [0, 0.1) is 18.3 Å². The van der Waals surface area contributed by atoms with Gasteiger partial charge in [-0.15, -0.1) is 0 Å². The van der Waals surface area contributed by atoms with Crippen LogP contribution in [0.4, 0.5) is 23.7 Å². The summed E-state index contributed by atoms with van der Waals surface area (Å²) in [4.78, 5) is 29.5. The number of benzene rings is 1. The Kier molecular flexibility index (Phi) is 7.73. The normalized spacial score (nSPS) is 22.1. The van der Waals surface area contributed by atoms with Gasteiger partial charge in [-0.2, -0.15) is 13.2 Å². The molecule has 3 heterocycles. The number of aliphatic carboxylic acids is 1. The summed E-state index contributed by atoms with van der Waals surface area (Å²) in [5, 5.41) is 9.26. The molecule has 1 spiro atoms. The van der Waals surface area contributed by atoms with E-state index in [-0.39, 0.29) is 11.3 Å². The van der Waals surface area contributed by atoms with Crippen molar-refractivity contribution < 1.29 is 32.6 Å². The molecule has 3 aliphatic rings. The maximum Gasteiger partial charge on any atom is 0.425 e. The Morgan fingerprint density at radius 3 is 2.33 bits per heavy atom. The van der Waals surface area contributed by atoms with Gasteiger partial charge in [-0.05, 0) is 81.2 Å². The number of halogens is 3. The number of carboxylic acids is 1. The lowest BCUT2D eigenvalue weighted by atomic mass is 9.78. The van der Waals surface area contributed by atoms with Gasteiger partial charge in [-0.1, -0.05) is 6.07 Å². The third-order valence-electron chi connectivity index (χ3n) is 8.08. The maximum atomic E-state index is 12.7. The lowest BCUT2D eigenvalue weighted by Gasteiger charge is -2.39. The van der Waals surface area contributed by atoms with E-state index in [1.54, 1.807) is 0 Å². The van der Waals surface area contributed by atoms with E-state index in [9.17, 15) is 27.9 Å². The van der Waals surface area contributed by atoms with E-state index < -0.39 is 24.3 Å². The minimum Gasteiger partial charge on any atom is -0.481 e. The second-order valence-corrected chi connectivity index (χ2v) is 10.8. The molecule has 1 aromatic carbocycles. The van der Waals surface area contributed by atoms with Gasteiger partial charge in [0.05, 0.1) is 5.92 Å². The quantitative estimate of drug-likeness (QED) is 0.620.